The van der Waals surface area contributed by atoms with Crippen LogP contribution in [0, 0.1) is 0 Å². The molecule has 0 fully saturated rings. The van der Waals surface area contributed by atoms with Gasteiger partial charge in [-0.1, -0.05) is 6.08 Å². The normalized spacial score (nSPS) is 21.8. The van der Waals surface area contributed by atoms with E-state index in [9.17, 15) is 5.11 Å². The van der Waals surface area contributed by atoms with Gasteiger partial charge in [-0.05, 0) is 30.9 Å². The summed E-state index contributed by atoms with van der Waals surface area (Å²) in [6.45, 7) is 0. The van der Waals surface area contributed by atoms with Crippen LogP contribution < -0.4 is 5.73 Å². The molecule has 3 nitrogen and oxygen atoms in total. The maximum atomic E-state index is 9.50. The molecule has 0 aromatic carbocycles. The Labute approximate surface area is 83.3 Å². The predicted molar refractivity (Wildman–Crippen MR) is 56.5 cm³/mol. The van der Waals surface area contributed by atoms with Crippen molar-refractivity contribution >= 4 is 11.3 Å². The van der Waals surface area contributed by atoms with Gasteiger partial charge in [0.25, 0.3) is 0 Å². The Balaban J connectivity index is 2.35. The van der Waals surface area contributed by atoms with Crippen molar-refractivity contribution in [1.82, 2.24) is 4.98 Å². The van der Waals surface area contributed by atoms with E-state index in [4.69, 9.17) is 5.73 Å². The molecule has 1 aliphatic carbocycles. The van der Waals surface area contributed by atoms with Crippen LogP contribution in [0.3, 0.4) is 0 Å². The lowest BCUT2D eigenvalue weighted by molar-refractivity contribution is 0.206. The molecule has 1 unspecified atom stereocenters. The molecule has 2 rings (SSSR count). The third-order valence-corrected chi connectivity index (χ3v) is 2.54. The molecule has 0 bridgehead atoms. The lowest BCUT2D eigenvalue weighted by Crippen LogP contribution is -2.09. The number of aromatic nitrogens is 1. The topological polar surface area (TPSA) is 59.1 Å². The van der Waals surface area contributed by atoms with Gasteiger partial charge in [0.15, 0.2) is 0 Å². The second-order valence-electron chi connectivity index (χ2n) is 3.61. The Kier molecular flexibility index (Phi) is 2.50. The van der Waals surface area contributed by atoms with Crippen molar-refractivity contribution < 1.29 is 5.11 Å². The molecule has 0 saturated heterocycles. The first kappa shape index (κ1) is 9.21. The largest absolute Gasteiger partial charge is 0.397 e. The summed E-state index contributed by atoms with van der Waals surface area (Å²) < 4.78 is 0. The van der Waals surface area contributed by atoms with E-state index in [0.29, 0.717) is 5.69 Å². The summed E-state index contributed by atoms with van der Waals surface area (Å²) in [5.41, 5.74) is 8.65. The lowest BCUT2D eigenvalue weighted by Gasteiger charge is -2.18. The van der Waals surface area contributed by atoms with Crippen LogP contribution >= 0.6 is 0 Å². The van der Waals surface area contributed by atoms with Crippen LogP contribution in [0.4, 0.5) is 5.69 Å². The predicted octanol–water partition coefficient (Wildman–Crippen LogP) is 1.59. The van der Waals surface area contributed by atoms with Gasteiger partial charge in [0.05, 0.1) is 18.0 Å². The van der Waals surface area contributed by atoms with Crippen LogP contribution in [-0.4, -0.2) is 16.2 Å². The Morgan fingerprint density at radius 1 is 1.50 bits per heavy atom. The Morgan fingerprint density at radius 3 is 3.07 bits per heavy atom. The number of hydrogen-bond donors (Lipinski definition) is 2. The van der Waals surface area contributed by atoms with E-state index in [1.54, 1.807) is 12.4 Å². The number of anilines is 1. The fourth-order valence-electron chi connectivity index (χ4n) is 1.82. The zero-order valence-electron chi connectivity index (χ0n) is 7.98. The lowest BCUT2D eigenvalue weighted by atomic mass is 9.92. The fraction of sp³-hybridized carbons (Fsp3) is 0.364. The number of aliphatic hydroxyl groups excluding tert-OH is 1. The van der Waals surface area contributed by atoms with Gasteiger partial charge < -0.3 is 10.8 Å². The van der Waals surface area contributed by atoms with E-state index in [1.165, 1.54) is 0 Å². The molecule has 1 heterocycles. The summed E-state index contributed by atoms with van der Waals surface area (Å²) in [6, 6.07) is 1.90. The van der Waals surface area contributed by atoms with Crippen LogP contribution in [0.25, 0.3) is 5.57 Å². The van der Waals surface area contributed by atoms with Crippen molar-refractivity contribution in [2.75, 3.05) is 5.73 Å². The van der Waals surface area contributed by atoms with Crippen molar-refractivity contribution in [3.63, 3.8) is 0 Å². The van der Waals surface area contributed by atoms with Crippen LogP contribution in [0.15, 0.2) is 24.5 Å². The van der Waals surface area contributed by atoms with Gasteiger partial charge in [0.1, 0.15) is 0 Å². The molecular weight excluding hydrogens is 176 g/mol. The number of nitrogen functional groups attached to an aromatic ring is 1. The van der Waals surface area contributed by atoms with Gasteiger partial charge in [-0.25, -0.2) is 0 Å². The van der Waals surface area contributed by atoms with Crippen molar-refractivity contribution in [2.24, 2.45) is 0 Å². The summed E-state index contributed by atoms with van der Waals surface area (Å²) in [6.07, 6.45) is 7.83. The number of pyridine rings is 1. The number of nitrogens with zero attached hydrogens (tertiary/aromatic N) is 1. The molecule has 1 aromatic heterocycles. The minimum atomic E-state index is -0.314. The van der Waals surface area contributed by atoms with E-state index >= 15 is 0 Å². The fourth-order valence-corrected chi connectivity index (χ4v) is 1.82. The summed E-state index contributed by atoms with van der Waals surface area (Å²) >= 11 is 0. The van der Waals surface area contributed by atoms with E-state index in [-0.39, 0.29) is 6.10 Å². The van der Waals surface area contributed by atoms with Crippen molar-refractivity contribution in [2.45, 2.75) is 25.4 Å². The van der Waals surface area contributed by atoms with E-state index < -0.39 is 0 Å². The van der Waals surface area contributed by atoms with Crippen LogP contribution in [-0.2, 0) is 0 Å². The second-order valence-corrected chi connectivity index (χ2v) is 3.61. The zero-order chi connectivity index (χ0) is 9.97. The minimum absolute atomic E-state index is 0.314. The van der Waals surface area contributed by atoms with Crippen molar-refractivity contribution in [3.05, 3.63) is 30.1 Å². The van der Waals surface area contributed by atoms with Crippen LogP contribution in [0.2, 0.25) is 0 Å². The number of rotatable bonds is 1. The molecule has 74 valence electrons. The van der Waals surface area contributed by atoms with E-state index in [2.05, 4.69) is 4.98 Å². The highest BCUT2D eigenvalue weighted by Gasteiger charge is 2.13. The number of hydrogen-bond acceptors (Lipinski definition) is 3. The van der Waals surface area contributed by atoms with Crippen LogP contribution in [0.1, 0.15) is 24.8 Å². The SMILES string of the molecule is Nc1cnccc1C1=CC(O)CCC1. The van der Waals surface area contributed by atoms with Gasteiger partial charge in [-0.15, -0.1) is 0 Å². The molecule has 0 radical (unpaired) electrons. The smallest absolute Gasteiger partial charge is 0.0726 e. The van der Waals surface area contributed by atoms with Gasteiger partial charge >= 0.3 is 0 Å². The van der Waals surface area contributed by atoms with E-state index in [0.717, 1.165) is 30.4 Å². The van der Waals surface area contributed by atoms with E-state index in [1.807, 2.05) is 12.1 Å². The summed E-state index contributed by atoms with van der Waals surface area (Å²) in [5.74, 6) is 0. The Hall–Kier alpha value is -1.35. The highest BCUT2D eigenvalue weighted by Crippen LogP contribution is 2.29. The molecule has 1 aliphatic rings. The van der Waals surface area contributed by atoms with Crippen molar-refractivity contribution in [1.29, 1.82) is 0 Å². The van der Waals surface area contributed by atoms with Gasteiger partial charge in [0, 0.05) is 11.8 Å². The minimum Gasteiger partial charge on any atom is -0.397 e. The summed E-state index contributed by atoms with van der Waals surface area (Å²) in [4.78, 5) is 3.94. The summed E-state index contributed by atoms with van der Waals surface area (Å²) in [7, 11) is 0. The second kappa shape index (κ2) is 3.80. The standard InChI is InChI=1S/C11H14N2O/c12-11-7-13-5-4-10(11)8-2-1-3-9(14)6-8/h4-7,9,14H,1-3,12H2. The van der Waals surface area contributed by atoms with Gasteiger partial charge in [-0.2, -0.15) is 0 Å². The molecule has 3 N–H and O–H groups in total. The Morgan fingerprint density at radius 2 is 2.36 bits per heavy atom. The zero-order valence-corrected chi connectivity index (χ0v) is 7.98. The average Bonchev–Trinajstić information content (AvgIpc) is 2.18. The average molecular weight is 190 g/mol. The number of aliphatic hydroxyl groups is 1. The third-order valence-electron chi connectivity index (χ3n) is 2.54. The Bertz CT molecular complexity index is 360. The molecule has 0 spiro atoms. The first-order valence-electron chi connectivity index (χ1n) is 4.86. The maximum absolute atomic E-state index is 9.50. The van der Waals surface area contributed by atoms with Gasteiger partial charge in [-0.3, -0.25) is 4.98 Å². The molecule has 14 heavy (non-hydrogen) atoms. The molecule has 0 saturated carbocycles. The maximum Gasteiger partial charge on any atom is 0.0726 e. The van der Waals surface area contributed by atoms with Crippen molar-refractivity contribution in [3.8, 4) is 0 Å². The van der Waals surface area contributed by atoms with Gasteiger partial charge in [0.2, 0.25) is 0 Å². The molecule has 1 atom stereocenters. The first-order valence-corrected chi connectivity index (χ1v) is 4.86. The number of nitrogens with two attached hydrogens (primary N) is 1. The third kappa shape index (κ3) is 1.77. The molecule has 1 aromatic rings. The highest BCUT2D eigenvalue weighted by molar-refractivity contribution is 5.75. The monoisotopic (exact) mass is 190 g/mol. The number of allylic oxidation sites excluding steroid dienone is 1. The molecule has 0 aliphatic heterocycles. The molecular formula is C11H14N2O. The van der Waals surface area contributed by atoms with Crippen LogP contribution in [0.5, 0.6) is 0 Å². The first-order chi connectivity index (χ1) is 6.77. The molecule has 3 heteroatoms. The summed E-state index contributed by atoms with van der Waals surface area (Å²) in [5, 5.41) is 9.50. The molecule has 0 amide bonds. The quantitative estimate of drug-likeness (QED) is 0.707. The highest BCUT2D eigenvalue weighted by atomic mass is 16.3.